The van der Waals surface area contributed by atoms with Gasteiger partial charge >= 0.3 is 0 Å². The first-order valence-corrected chi connectivity index (χ1v) is 7.21. The molecule has 23 heavy (non-hydrogen) atoms. The molecule has 1 aliphatic rings. The summed E-state index contributed by atoms with van der Waals surface area (Å²) in [6.07, 6.45) is 1.36. The first-order chi connectivity index (χ1) is 10.9. The Hall–Kier alpha value is -1.94. The highest BCUT2D eigenvalue weighted by Crippen LogP contribution is 2.44. The molecule has 9 nitrogen and oxygen atoms in total. The van der Waals surface area contributed by atoms with Gasteiger partial charge in [-0.05, 0) is 6.92 Å². The van der Waals surface area contributed by atoms with Gasteiger partial charge < -0.3 is 30.5 Å². The SMILES string of the molecule is C[C@@]1(Cl)C(O)C(CO)O[C@H]1n1cc(/C=N\O)c2c(N)ncnc21. The van der Waals surface area contributed by atoms with Crippen LogP contribution < -0.4 is 5.73 Å². The Kier molecular flexibility index (Phi) is 3.88. The lowest BCUT2D eigenvalue weighted by Crippen LogP contribution is -2.39. The molecule has 3 rings (SSSR count). The van der Waals surface area contributed by atoms with Crippen LogP contribution in [0.25, 0.3) is 11.0 Å². The highest BCUT2D eigenvalue weighted by atomic mass is 35.5. The van der Waals surface area contributed by atoms with Crippen LogP contribution in [0.15, 0.2) is 17.7 Å². The Morgan fingerprint density at radius 1 is 1.57 bits per heavy atom. The van der Waals surface area contributed by atoms with E-state index in [-0.39, 0.29) is 12.4 Å². The van der Waals surface area contributed by atoms with E-state index in [9.17, 15) is 10.2 Å². The van der Waals surface area contributed by atoms with Crippen molar-refractivity contribution in [2.45, 2.75) is 30.2 Å². The van der Waals surface area contributed by atoms with Crippen molar-refractivity contribution in [1.82, 2.24) is 14.5 Å². The first kappa shape index (κ1) is 15.9. The number of anilines is 1. The topological polar surface area (TPSA) is 139 Å². The van der Waals surface area contributed by atoms with E-state index in [1.54, 1.807) is 17.7 Å². The molecule has 0 saturated carbocycles. The third-order valence-corrected chi connectivity index (χ3v) is 4.42. The largest absolute Gasteiger partial charge is 0.411 e. The van der Waals surface area contributed by atoms with Crippen LogP contribution in [0.3, 0.4) is 0 Å². The van der Waals surface area contributed by atoms with E-state index < -0.39 is 23.3 Å². The Morgan fingerprint density at radius 3 is 2.91 bits per heavy atom. The summed E-state index contributed by atoms with van der Waals surface area (Å²) in [7, 11) is 0. The van der Waals surface area contributed by atoms with E-state index in [0.29, 0.717) is 16.6 Å². The number of halogens is 1. The summed E-state index contributed by atoms with van der Waals surface area (Å²) in [5.41, 5.74) is 6.76. The normalized spacial score (nSPS) is 31.4. The predicted molar refractivity (Wildman–Crippen MR) is 82.6 cm³/mol. The molecule has 2 unspecified atom stereocenters. The zero-order valence-electron chi connectivity index (χ0n) is 12.2. The molecule has 124 valence electrons. The van der Waals surface area contributed by atoms with Crippen LogP contribution in [0, 0.1) is 0 Å². The maximum absolute atomic E-state index is 10.2. The molecule has 0 radical (unpaired) electrons. The van der Waals surface area contributed by atoms with E-state index >= 15 is 0 Å². The summed E-state index contributed by atoms with van der Waals surface area (Å²) in [6, 6.07) is 0. The number of fused-ring (bicyclic) bond motifs is 1. The van der Waals surface area contributed by atoms with Gasteiger partial charge in [-0.3, -0.25) is 0 Å². The highest BCUT2D eigenvalue weighted by Gasteiger charge is 2.53. The van der Waals surface area contributed by atoms with Gasteiger partial charge in [0.2, 0.25) is 0 Å². The average molecular weight is 342 g/mol. The first-order valence-electron chi connectivity index (χ1n) is 6.83. The second kappa shape index (κ2) is 5.60. The number of aliphatic hydroxyl groups excluding tert-OH is 2. The molecule has 2 aromatic heterocycles. The maximum Gasteiger partial charge on any atom is 0.157 e. The molecule has 1 aliphatic heterocycles. The number of alkyl halides is 1. The molecule has 5 N–H and O–H groups in total. The molecule has 4 atom stereocenters. The minimum Gasteiger partial charge on any atom is -0.411 e. The molecule has 1 fully saturated rings. The summed E-state index contributed by atoms with van der Waals surface area (Å²) >= 11 is 6.45. The molecule has 0 amide bonds. The van der Waals surface area contributed by atoms with Crippen LogP contribution >= 0.6 is 11.6 Å². The molecule has 10 heteroatoms. The number of aromatic nitrogens is 3. The van der Waals surface area contributed by atoms with Gasteiger partial charge in [0.05, 0.1) is 18.2 Å². The number of hydrogen-bond acceptors (Lipinski definition) is 8. The third kappa shape index (κ3) is 2.32. The zero-order chi connectivity index (χ0) is 16.8. The van der Waals surface area contributed by atoms with Gasteiger partial charge in [0.25, 0.3) is 0 Å². The molecular weight excluding hydrogens is 326 g/mol. The maximum atomic E-state index is 10.2. The van der Waals surface area contributed by atoms with E-state index in [1.165, 1.54) is 12.5 Å². The van der Waals surface area contributed by atoms with Crippen LogP contribution in [0.4, 0.5) is 5.82 Å². The molecule has 3 heterocycles. The van der Waals surface area contributed by atoms with Crippen molar-refractivity contribution < 1.29 is 20.2 Å². The van der Waals surface area contributed by atoms with Crippen LogP contribution in [0.2, 0.25) is 0 Å². The fourth-order valence-corrected chi connectivity index (χ4v) is 3.14. The number of rotatable bonds is 3. The van der Waals surface area contributed by atoms with Gasteiger partial charge in [-0.1, -0.05) is 5.16 Å². The molecule has 0 aromatic carbocycles. The Labute approximate surface area is 136 Å². The molecule has 0 bridgehead atoms. The van der Waals surface area contributed by atoms with Crippen molar-refractivity contribution in [2.75, 3.05) is 12.3 Å². The number of nitrogen functional groups attached to an aromatic ring is 1. The highest BCUT2D eigenvalue weighted by molar-refractivity contribution is 6.24. The lowest BCUT2D eigenvalue weighted by atomic mass is 10.0. The quantitative estimate of drug-likeness (QED) is 0.268. The van der Waals surface area contributed by atoms with Crippen molar-refractivity contribution in [3.8, 4) is 0 Å². The average Bonchev–Trinajstić information content (AvgIpc) is 2.97. The summed E-state index contributed by atoms with van der Waals surface area (Å²) in [5.74, 6) is 0.206. The van der Waals surface area contributed by atoms with E-state index in [1.807, 2.05) is 0 Å². The van der Waals surface area contributed by atoms with Gasteiger partial charge in [-0.15, -0.1) is 11.6 Å². The molecule has 0 spiro atoms. The Morgan fingerprint density at radius 2 is 2.30 bits per heavy atom. The standard InChI is InChI=1S/C13H16ClN5O4/c1-13(14)9(21)7(4-20)23-12(13)19-3-6(2-18-22)8-10(15)16-5-17-11(8)19/h2-3,5,7,9,12,20-22H,4H2,1H3,(H2,15,16,17)/b18-2-/t7?,9?,12-,13-/m1/s1. The number of nitrogens with zero attached hydrogens (tertiary/aromatic N) is 4. The van der Waals surface area contributed by atoms with Crippen molar-refractivity contribution in [3.05, 3.63) is 18.1 Å². The number of ether oxygens (including phenoxy) is 1. The lowest BCUT2D eigenvalue weighted by molar-refractivity contribution is -0.0439. The zero-order valence-corrected chi connectivity index (χ0v) is 12.9. The van der Waals surface area contributed by atoms with E-state index in [4.69, 9.17) is 27.3 Å². The minimum absolute atomic E-state index is 0.206. The van der Waals surface area contributed by atoms with Gasteiger partial charge in [-0.25, -0.2) is 9.97 Å². The van der Waals surface area contributed by atoms with Crippen molar-refractivity contribution >= 4 is 34.7 Å². The molecule has 2 aromatic rings. The summed E-state index contributed by atoms with van der Waals surface area (Å²) in [5, 5.41) is 31.9. The fourth-order valence-electron chi connectivity index (χ4n) is 2.84. The number of nitrogens with two attached hydrogens (primary N) is 1. The summed E-state index contributed by atoms with van der Waals surface area (Å²) in [4.78, 5) is 6.89. The van der Waals surface area contributed by atoms with Crippen molar-refractivity contribution in [2.24, 2.45) is 5.16 Å². The predicted octanol–water partition coefficient (Wildman–Crippen LogP) is 0.0697. The second-order valence-electron chi connectivity index (χ2n) is 5.50. The minimum atomic E-state index is -1.20. The van der Waals surface area contributed by atoms with Crippen LogP contribution in [0.1, 0.15) is 18.7 Å². The van der Waals surface area contributed by atoms with Crippen LogP contribution in [-0.4, -0.2) is 59.9 Å². The van der Waals surface area contributed by atoms with E-state index in [2.05, 4.69) is 15.1 Å². The summed E-state index contributed by atoms with van der Waals surface area (Å²) < 4.78 is 7.27. The number of hydrogen-bond donors (Lipinski definition) is 4. The van der Waals surface area contributed by atoms with Crippen molar-refractivity contribution in [1.29, 1.82) is 0 Å². The lowest BCUT2D eigenvalue weighted by Gasteiger charge is -2.26. The number of oxime groups is 1. The van der Waals surface area contributed by atoms with Crippen LogP contribution in [-0.2, 0) is 4.74 Å². The molecule has 1 saturated heterocycles. The monoisotopic (exact) mass is 341 g/mol. The van der Waals surface area contributed by atoms with Crippen LogP contribution in [0.5, 0.6) is 0 Å². The smallest absolute Gasteiger partial charge is 0.157 e. The van der Waals surface area contributed by atoms with Gasteiger partial charge in [0.15, 0.2) is 6.23 Å². The summed E-state index contributed by atoms with van der Waals surface area (Å²) in [6.45, 7) is 1.23. The van der Waals surface area contributed by atoms with E-state index in [0.717, 1.165) is 0 Å². The third-order valence-electron chi connectivity index (χ3n) is 4.01. The molecule has 0 aliphatic carbocycles. The Balaban J connectivity index is 2.19. The van der Waals surface area contributed by atoms with Gasteiger partial charge in [0.1, 0.15) is 34.9 Å². The van der Waals surface area contributed by atoms with Gasteiger partial charge in [-0.2, -0.15) is 0 Å². The number of aliphatic hydroxyl groups is 2. The van der Waals surface area contributed by atoms with Crippen molar-refractivity contribution in [3.63, 3.8) is 0 Å². The Bertz CT molecular complexity index is 762. The van der Waals surface area contributed by atoms with Gasteiger partial charge in [0, 0.05) is 11.8 Å². The molecular formula is C13H16ClN5O4. The fraction of sp³-hybridized carbons (Fsp3) is 0.462. The second-order valence-corrected chi connectivity index (χ2v) is 6.31.